The molecule has 1 aromatic rings. The quantitative estimate of drug-likeness (QED) is 0.667. The van der Waals surface area contributed by atoms with E-state index in [1.807, 2.05) is 6.07 Å². The average molecular weight is 269 g/mol. The minimum absolute atomic E-state index is 0.221. The van der Waals surface area contributed by atoms with E-state index in [0.29, 0.717) is 0 Å². The monoisotopic (exact) mass is 269 g/mol. The van der Waals surface area contributed by atoms with Gasteiger partial charge in [0.25, 0.3) is 0 Å². The fourth-order valence-corrected chi connectivity index (χ4v) is 2.90. The molecule has 0 amide bonds. The molecule has 0 aliphatic carbocycles. The van der Waals surface area contributed by atoms with Crippen LogP contribution in [-0.4, -0.2) is 55.3 Å². The second-order valence-electron chi connectivity index (χ2n) is 4.68. The van der Waals surface area contributed by atoms with E-state index < -0.39 is 0 Å². The predicted octanol–water partition coefficient (Wildman–Crippen LogP) is 1.75. The zero-order chi connectivity index (χ0) is 13.0. The molecule has 0 atom stereocenters. The van der Waals surface area contributed by atoms with E-state index >= 15 is 0 Å². The molecule has 0 saturated carbocycles. The number of halogens is 1. The van der Waals surface area contributed by atoms with Gasteiger partial charge in [0.1, 0.15) is 5.82 Å². The van der Waals surface area contributed by atoms with Crippen LogP contribution in [0.3, 0.4) is 0 Å². The highest BCUT2D eigenvalue weighted by Crippen LogP contribution is 2.22. The maximum atomic E-state index is 13.2. The van der Waals surface area contributed by atoms with Crippen molar-refractivity contribution in [1.29, 1.82) is 0 Å². The number of piperazine rings is 1. The molecule has 0 spiro atoms. The van der Waals surface area contributed by atoms with Gasteiger partial charge < -0.3 is 10.6 Å². The Morgan fingerprint density at radius 3 is 2.67 bits per heavy atom. The number of hydrogen-bond acceptors (Lipinski definition) is 4. The number of benzene rings is 1. The van der Waals surface area contributed by atoms with Gasteiger partial charge >= 0.3 is 0 Å². The molecule has 1 saturated heterocycles. The molecule has 0 unspecified atom stereocenters. The molecule has 1 fully saturated rings. The van der Waals surface area contributed by atoms with Crippen LogP contribution in [0.15, 0.2) is 23.1 Å². The molecule has 0 bridgehead atoms. The van der Waals surface area contributed by atoms with Gasteiger partial charge in [-0.1, -0.05) is 0 Å². The van der Waals surface area contributed by atoms with Crippen LogP contribution in [0.2, 0.25) is 0 Å². The number of anilines is 1. The standard InChI is InChI=1S/C13H20FN3S/c1-16-4-6-17(7-5-16)8-9-18-11-2-3-13(15)12(14)10-11/h2-3,10H,4-9,15H2,1H3. The molecule has 18 heavy (non-hydrogen) atoms. The first kappa shape index (κ1) is 13.6. The number of nitrogens with zero attached hydrogens (tertiary/aromatic N) is 2. The van der Waals surface area contributed by atoms with Crippen molar-refractivity contribution in [1.82, 2.24) is 9.80 Å². The van der Waals surface area contributed by atoms with Gasteiger partial charge in [0, 0.05) is 43.4 Å². The lowest BCUT2D eigenvalue weighted by molar-refractivity contribution is 0.161. The lowest BCUT2D eigenvalue weighted by Gasteiger charge is -2.32. The Morgan fingerprint density at radius 2 is 2.00 bits per heavy atom. The van der Waals surface area contributed by atoms with E-state index in [1.165, 1.54) is 6.07 Å². The summed E-state index contributed by atoms with van der Waals surface area (Å²) in [5.41, 5.74) is 5.67. The van der Waals surface area contributed by atoms with Gasteiger partial charge in [-0.25, -0.2) is 4.39 Å². The Hall–Kier alpha value is -0.780. The summed E-state index contributed by atoms with van der Waals surface area (Å²) in [6, 6.07) is 5.03. The van der Waals surface area contributed by atoms with Gasteiger partial charge in [-0.2, -0.15) is 0 Å². The predicted molar refractivity (Wildman–Crippen MR) is 75.5 cm³/mol. The molecule has 100 valence electrons. The van der Waals surface area contributed by atoms with Crippen molar-refractivity contribution in [2.75, 3.05) is 51.3 Å². The zero-order valence-corrected chi connectivity index (χ0v) is 11.5. The third-order valence-corrected chi connectivity index (χ3v) is 4.22. The van der Waals surface area contributed by atoms with Crippen LogP contribution in [0.5, 0.6) is 0 Å². The molecule has 1 aliphatic rings. The summed E-state index contributed by atoms with van der Waals surface area (Å²) in [6.45, 7) is 5.60. The molecule has 1 aliphatic heterocycles. The summed E-state index contributed by atoms with van der Waals surface area (Å²) in [7, 11) is 2.16. The van der Waals surface area contributed by atoms with E-state index in [1.54, 1.807) is 17.8 Å². The maximum Gasteiger partial charge on any atom is 0.147 e. The van der Waals surface area contributed by atoms with Crippen LogP contribution in [0, 0.1) is 5.82 Å². The second-order valence-corrected chi connectivity index (χ2v) is 5.85. The van der Waals surface area contributed by atoms with Gasteiger partial charge in [0.05, 0.1) is 5.69 Å². The Balaban J connectivity index is 1.73. The minimum Gasteiger partial charge on any atom is -0.396 e. The van der Waals surface area contributed by atoms with Crippen LogP contribution in [-0.2, 0) is 0 Å². The van der Waals surface area contributed by atoms with Gasteiger partial charge in [0.2, 0.25) is 0 Å². The third-order valence-electron chi connectivity index (χ3n) is 3.24. The highest BCUT2D eigenvalue weighted by Gasteiger charge is 2.13. The normalized spacial score (nSPS) is 18.1. The molecule has 0 aromatic heterocycles. The molecule has 5 heteroatoms. The van der Waals surface area contributed by atoms with E-state index in [-0.39, 0.29) is 11.5 Å². The SMILES string of the molecule is CN1CCN(CCSc2ccc(N)c(F)c2)CC1. The zero-order valence-electron chi connectivity index (χ0n) is 10.7. The lowest BCUT2D eigenvalue weighted by Crippen LogP contribution is -2.45. The highest BCUT2D eigenvalue weighted by molar-refractivity contribution is 7.99. The maximum absolute atomic E-state index is 13.2. The van der Waals surface area contributed by atoms with E-state index in [9.17, 15) is 4.39 Å². The van der Waals surface area contributed by atoms with Gasteiger partial charge in [-0.15, -0.1) is 11.8 Å². The number of hydrogen-bond donors (Lipinski definition) is 1. The Bertz CT molecular complexity index is 392. The van der Waals surface area contributed by atoms with Crippen LogP contribution in [0.1, 0.15) is 0 Å². The minimum atomic E-state index is -0.320. The van der Waals surface area contributed by atoms with E-state index in [4.69, 9.17) is 5.73 Å². The largest absolute Gasteiger partial charge is 0.396 e. The second kappa shape index (κ2) is 6.41. The Kier molecular flexibility index (Phi) is 4.86. The molecule has 3 nitrogen and oxygen atoms in total. The fourth-order valence-electron chi connectivity index (χ4n) is 1.96. The van der Waals surface area contributed by atoms with Gasteiger partial charge in [-0.05, 0) is 25.2 Å². The first-order valence-electron chi connectivity index (χ1n) is 6.24. The van der Waals surface area contributed by atoms with Crippen LogP contribution < -0.4 is 5.73 Å². The van der Waals surface area contributed by atoms with Crippen molar-refractivity contribution in [2.24, 2.45) is 0 Å². The van der Waals surface area contributed by atoms with Gasteiger partial charge in [0.15, 0.2) is 0 Å². The number of nitrogens with two attached hydrogens (primary N) is 1. The summed E-state index contributed by atoms with van der Waals surface area (Å²) in [6.07, 6.45) is 0. The van der Waals surface area contributed by atoms with Crippen molar-refractivity contribution in [3.63, 3.8) is 0 Å². The van der Waals surface area contributed by atoms with Crippen molar-refractivity contribution in [3.8, 4) is 0 Å². The number of nitrogen functional groups attached to an aromatic ring is 1. The lowest BCUT2D eigenvalue weighted by atomic mass is 10.3. The van der Waals surface area contributed by atoms with Crippen LogP contribution >= 0.6 is 11.8 Å². The number of likely N-dealkylation sites (N-methyl/N-ethyl adjacent to an activating group) is 1. The first-order valence-corrected chi connectivity index (χ1v) is 7.22. The van der Waals surface area contributed by atoms with Crippen LogP contribution in [0.25, 0.3) is 0 Å². The van der Waals surface area contributed by atoms with Crippen molar-refractivity contribution >= 4 is 17.4 Å². The van der Waals surface area contributed by atoms with Crippen LogP contribution in [0.4, 0.5) is 10.1 Å². The summed E-state index contributed by atoms with van der Waals surface area (Å²) in [5, 5.41) is 0. The van der Waals surface area contributed by atoms with E-state index in [2.05, 4.69) is 16.8 Å². The fraction of sp³-hybridized carbons (Fsp3) is 0.538. The van der Waals surface area contributed by atoms with Crippen molar-refractivity contribution in [3.05, 3.63) is 24.0 Å². The summed E-state index contributed by atoms with van der Waals surface area (Å²) in [5.74, 6) is 0.673. The topological polar surface area (TPSA) is 32.5 Å². The molecule has 1 heterocycles. The summed E-state index contributed by atoms with van der Waals surface area (Å²) in [4.78, 5) is 5.76. The molecule has 2 rings (SSSR count). The number of thioether (sulfide) groups is 1. The van der Waals surface area contributed by atoms with Crippen molar-refractivity contribution < 1.29 is 4.39 Å². The Morgan fingerprint density at radius 1 is 1.28 bits per heavy atom. The average Bonchev–Trinajstić information content (AvgIpc) is 2.36. The van der Waals surface area contributed by atoms with Gasteiger partial charge in [-0.3, -0.25) is 4.90 Å². The van der Waals surface area contributed by atoms with Crippen molar-refractivity contribution in [2.45, 2.75) is 4.90 Å². The van der Waals surface area contributed by atoms with E-state index in [0.717, 1.165) is 43.4 Å². The summed E-state index contributed by atoms with van der Waals surface area (Å²) < 4.78 is 13.2. The first-order chi connectivity index (χ1) is 8.65. The molecular weight excluding hydrogens is 249 g/mol. The molecular formula is C13H20FN3S. The molecule has 1 aromatic carbocycles. The highest BCUT2D eigenvalue weighted by atomic mass is 32.2. The summed E-state index contributed by atoms with van der Waals surface area (Å²) >= 11 is 1.69. The Labute approximate surface area is 112 Å². The molecule has 2 N–H and O–H groups in total. The number of rotatable bonds is 4. The third kappa shape index (κ3) is 3.86. The molecule has 0 radical (unpaired) electrons. The smallest absolute Gasteiger partial charge is 0.147 e.